The van der Waals surface area contributed by atoms with Crippen molar-refractivity contribution in [2.24, 2.45) is 0 Å². The molecule has 0 aromatic heterocycles. The molecule has 9 nitrogen and oxygen atoms in total. The van der Waals surface area contributed by atoms with Gasteiger partial charge in [0.2, 0.25) is 5.91 Å². The highest BCUT2D eigenvalue weighted by atomic mass is 16.7. The number of amides is 1. The quantitative estimate of drug-likeness (QED) is 0.174. The molecule has 1 aliphatic heterocycles. The van der Waals surface area contributed by atoms with Crippen LogP contribution in [0.4, 0.5) is 0 Å². The standard InChI is InChI=1S/C20H37NO8/c1-3-5-7-9-14(23)13(21-16(24)10-8-6-4-2)12-28-20-19(27)18(26)17(25)15(11-22)29-20/h7,9,13-15,17-20,22-23,25-27H,3-6,8,10-12H2,1-2H3,(H,21,24)/b9-7+. The number of aliphatic hydroxyl groups excluding tert-OH is 5. The molecule has 170 valence electrons. The Morgan fingerprint density at radius 1 is 1.14 bits per heavy atom. The van der Waals surface area contributed by atoms with E-state index in [1.54, 1.807) is 6.08 Å². The van der Waals surface area contributed by atoms with Crippen LogP contribution < -0.4 is 5.32 Å². The molecule has 0 saturated carbocycles. The number of hydrogen-bond acceptors (Lipinski definition) is 8. The second-order valence-electron chi connectivity index (χ2n) is 7.37. The third-order valence-electron chi connectivity index (χ3n) is 4.84. The first-order valence-electron chi connectivity index (χ1n) is 10.4. The predicted octanol–water partition coefficient (Wildman–Crippen LogP) is -0.415. The van der Waals surface area contributed by atoms with Crippen molar-refractivity contribution >= 4 is 5.91 Å². The Morgan fingerprint density at radius 3 is 2.48 bits per heavy atom. The largest absolute Gasteiger partial charge is 0.394 e. The number of ether oxygens (including phenoxy) is 2. The predicted molar refractivity (Wildman–Crippen MR) is 106 cm³/mol. The second kappa shape index (κ2) is 14.0. The summed E-state index contributed by atoms with van der Waals surface area (Å²) in [6.45, 7) is 3.29. The van der Waals surface area contributed by atoms with Gasteiger partial charge in [0.05, 0.1) is 25.4 Å². The van der Waals surface area contributed by atoms with Crippen molar-refractivity contribution in [2.75, 3.05) is 13.2 Å². The van der Waals surface area contributed by atoms with E-state index in [1.807, 2.05) is 19.9 Å². The fourth-order valence-electron chi connectivity index (χ4n) is 2.98. The molecule has 7 atom stereocenters. The number of allylic oxidation sites excluding steroid dienone is 1. The van der Waals surface area contributed by atoms with Crippen molar-refractivity contribution < 1.29 is 39.8 Å². The van der Waals surface area contributed by atoms with E-state index >= 15 is 0 Å². The molecule has 7 unspecified atom stereocenters. The first-order valence-corrected chi connectivity index (χ1v) is 10.4. The maximum Gasteiger partial charge on any atom is 0.220 e. The Kier molecular flexibility index (Phi) is 12.6. The van der Waals surface area contributed by atoms with Crippen molar-refractivity contribution in [2.45, 2.75) is 95.2 Å². The normalized spacial score (nSPS) is 29.7. The molecule has 29 heavy (non-hydrogen) atoms. The number of aliphatic hydroxyl groups is 5. The molecule has 0 spiro atoms. The van der Waals surface area contributed by atoms with Gasteiger partial charge in [-0.2, -0.15) is 0 Å². The molecule has 0 aromatic rings. The molecule has 0 aromatic carbocycles. The SMILES string of the molecule is CCC/C=C/C(O)C(COC1OC(CO)C(O)C(O)C1O)NC(=O)CCCCC. The van der Waals surface area contributed by atoms with Gasteiger partial charge in [-0.1, -0.05) is 45.3 Å². The minimum atomic E-state index is -1.55. The zero-order valence-corrected chi connectivity index (χ0v) is 17.3. The molecule has 1 fully saturated rings. The third-order valence-corrected chi connectivity index (χ3v) is 4.84. The molecule has 0 bridgehead atoms. The Morgan fingerprint density at radius 2 is 1.86 bits per heavy atom. The van der Waals surface area contributed by atoms with Crippen LogP contribution in [-0.4, -0.2) is 87.5 Å². The van der Waals surface area contributed by atoms with Crippen LogP contribution in [0.15, 0.2) is 12.2 Å². The van der Waals surface area contributed by atoms with Crippen molar-refractivity contribution in [1.82, 2.24) is 5.32 Å². The summed E-state index contributed by atoms with van der Waals surface area (Å²) in [5.74, 6) is -0.219. The van der Waals surface area contributed by atoms with Crippen LogP contribution in [0.3, 0.4) is 0 Å². The number of carbonyl (C=O) groups excluding carboxylic acids is 1. The molecule has 1 amide bonds. The van der Waals surface area contributed by atoms with Crippen LogP contribution in [0, 0.1) is 0 Å². The van der Waals surface area contributed by atoms with Crippen LogP contribution in [0.25, 0.3) is 0 Å². The Labute approximate surface area is 172 Å². The minimum Gasteiger partial charge on any atom is -0.394 e. The highest BCUT2D eigenvalue weighted by Gasteiger charge is 2.44. The number of nitrogens with one attached hydrogen (secondary N) is 1. The van der Waals surface area contributed by atoms with Crippen molar-refractivity contribution in [3.8, 4) is 0 Å². The second-order valence-corrected chi connectivity index (χ2v) is 7.37. The van der Waals surface area contributed by atoms with E-state index < -0.39 is 49.5 Å². The van der Waals surface area contributed by atoms with Crippen LogP contribution in [0.1, 0.15) is 52.4 Å². The van der Waals surface area contributed by atoms with Crippen LogP contribution in [0.2, 0.25) is 0 Å². The molecular formula is C20H37NO8. The number of carbonyl (C=O) groups is 1. The number of hydrogen-bond donors (Lipinski definition) is 6. The van der Waals surface area contributed by atoms with Crippen molar-refractivity contribution in [3.63, 3.8) is 0 Å². The molecule has 1 saturated heterocycles. The maximum absolute atomic E-state index is 12.2. The van der Waals surface area contributed by atoms with Gasteiger partial charge >= 0.3 is 0 Å². The average molecular weight is 420 g/mol. The first kappa shape index (κ1) is 26.0. The van der Waals surface area contributed by atoms with Gasteiger partial charge in [0, 0.05) is 6.42 Å². The van der Waals surface area contributed by atoms with Crippen LogP contribution in [0.5, 0.6) is 0 Å². The van der Waals surface area contributed by atoms with Gasteiger partial charge < -0.3 is 40.3 Å². The van der Waals surface area contributed by atoms with Gasteiger partial charge in [0.1, 0.15) is 24.4 Å². The summed E-state index contributed by atoms with van der Waals surface area (Å²) in [5.41, 5.74) is 0. The summed E-state index contributed by atoms with van der Waals surface area (Å²) >= 11 is 0. The highest BCUT2D eigenvalue weighted by Crippen LogP contribution is 2.22. The zero-order valence-electron chi connectivity index (χ0n) is 17.3. The van der Waals surface area contributed by atoms with E-state index in [1.165, 1.54) is 0 Å². The molecule has 1 rings (SSSR count). The van der Waals surface area contributed by atoms with E-state index in [0.717, 1.165) is 32.1 Å². The summed E-state index contributed by atoms with van der Waals surface area (Å²) in [6, 6.07) is -0.787. The summed E-state index contributed by atoms with van der Waals surface area (Å²) in [6.07, 6.45) is 0.0770. The lowest BCUT2D eigenvalue weighted by Crippen LogP contribution is -2.60. The Hall–Kier alpha value is -1.07. The molecular weight excluding hydrogens is 382 g/mol. The van der Waals surface area contributed by atoms with E-state index in [4.69, 9.17) is 9.47 Å². The molecule has 0 radical (unpaired) electrons. The highest BCUT2D eigenvalue weighted by molar-refractivity contribution is 5.76. The summed E-state index contributed by atoms with van der Waals surface area (Å²) < 4.78 is 10.8. The Balaban J connectivity index is 2.72. The smallest absolute Gasteiger partial charge is 0.220 e. The zero-order chi connectivity index (χ0) is 21.8. The van der Waals surface area contributed by atoms with Crippen LogP contribution in [-0.2, 0) is 14.3 Å². The molecule has 1 heterocycles. The fraction of sp³-hybridized carbons (Fsp3) is 0.850. The van der Waals surface area contributed by atoms with Crippen molar-refractivity contribution in [3.05, 3.63) is 12.2 Å². The first-order chi connectivity index (χ1) is 13.8. The topological polar surface area (TPSA) is 149 Å². The molecule has 1 aliphatic rings. The maximum atomic E-state index is 12.2. The van der Waals surface area contributed by atoms with Gasteiger partial charge in [-0.05, 0) is 12.8 Å². The average Bonchev–Trinajstić information content (AvgIpc) is 2.70. The Bertz CT molecular complexity index is 487. The third kappa shape index (κ3) is 8.67. The van der Waals surface area contributed by atoms with E-state index in [0.29, 0.717) is 6.42 Å². The van der Waals surface area contributed by atoms with Crippen LogP contribution >= 0.6 is 0 Å². The molecule has 9 heteroatoms. The van der Waals surface area contributed by atoms with Gasteiger partial charge in [-0.3, -0.25) is 4.79 Å². The van der Waals surface area contributed by atoms with E-state index in [-0.39, 0.29) is 12.5 Å². The van der Waals surface area contributed by atoms with Gasteiger partial charge in [-0.25, -0.2) is 0 Å². The van der Waals surface area contributed by atoms with E-state index in [2.05, 4.69) is 5.32 Å². The lowest BCUT2D eigenvalue weighted by atomic mass is 9.99. The monoisotopic (exact) mass is 419 g/mol. The van der Waals surface area contributed by atoms with Gasteiger partial charge in [0.15, 0.2) is 6.29 Å². The van der Waals surface area contributed by atoms with Gasteiger partial charge in [0.25, 0.3) is 0 Å². The summed E-state index contributed by atoms with van der Waals surface area (Å²) in [4.78, 5) is 12.2. The number of rotatable bonds is 13. The molecule has 6 N–H and O–H groups in total. The fourth-order valence-corrected chi connectivity index (χ4v) is 2.98. The summed E-state index contributed by atoms with van der Waals surface area (Å²) in [5, 5.41) is 52.2. The minimum absolute atomic E-state index is 0.195. The van der Waals surface area contributed by atoms with Gasteiger partial charge in [-0.15, -0.1) is 0 Å². The summed E-state index contributed by atoms with van der Waals surface area (Å²) in [7, 11) is 0. The van der Waals surface area contributed by atoms with Crippen molar-refractivity contribution in [1.29, 1.82) is 0 Å². The number of unbranched alkanes of at least 4 members (excludes halogenated alkanes) is 3. The lowest BCUT2D eigenvalue weighted by molar-refractivity contribution is -0.302. The van der Waals surface area contributed by atoms with E-state index in [9.17, 15) is 30.3 Å². The molecule has 0 aliphatic carbocycles. The lowest BCUT2D eigenvalue weighted by Gasteiger charge is -2.40.